The van der Waals surface area contributed by atoms with Gasteiger partial charge in [0.25, 0.3) is 0 Å². The van der Waals surface area contributed by atoms with Crippen molar-refractivity contribution < 1.29 is 19.4 Å². The van der Waals surface area contributed by atoms with E-state index in [4.69, 9.17) is 4.74 Å². The van der Waals surface area contributed by atoms with E-state index < -0.39 is 11.6 Å². The molecule has 2 rings (SSSR count). The molecule has 0 bridgehead atoms. The van der Waals surface area contributed by atoms with Crippen LogP contribution >= 0.6 is 0 Å². The van der Waals surface area contributed by atoms with E-state index in [2.05, 4.69) is 0 Å². The summed E-state index contributed by atoms with van der Waals surface area (Å²) in [5.74, 6) is -0.682. The molecule has 4 heteroatoms. The Morgan fingerprint density at radius 1 is 1.24 bits per heavy atom. The van der Waals surface area contributed by atoms with Gasteiger partial charge in [-0.25, -0.2) is 0 Å². The first-order valence-electron chi connectivity index (χ1n) is 4.97. The lowest BCUT2D eigenvalue weighted by atomic mass is 10.1. The second-order valence-electron chi connectivity index (χ2n) is 3.56. The number of hydrogen-bond acceptors (Lipinski definition) is 4. The van der Waals surface area contributed by atoms with Gasteiger partial charge < -0.3 is 9.84 Å². The summed E-state index contributed by atoms with van der Waals surface area (Å²) < 4.78 is 4.95. The highest BCUT2D eigenvalue weighted by atomic mass is 16.5. The van der Waals surface area contributed by atoms with Gasteiger partial charge in [0.05, 0.1) is 7.11 Å². The predicted octanol–water partition coefficient (Wildman–Crippen LogP) is 1.49. The van der Waals surface area contributed by atoms with Crippen molar-refractivity contribution in [2.75, 3.05) is 7.11 Å². The van der Waals surface area contributed by atoms with Crippen LogP contribution in [0.2, 0.25) is 0 Å². The highest BCUT2D eigenvalue weighted by Crippen LogP contribution is 2.27. The third kappa shape index (κ3) is 2.10. The quantitative estimate of drug-likeness (QED) is 0.617. The zero-order valence-corrected chi connectivity index (χ0v) is 9.14. The molecule has 0 aliphatic heterocycles. The van der Waals surface area contributed by atoms with Gasteiger partial charge in [0.15, 0.2) is 11.5 Å². The van der Waals surface area contributed by atoms with Crippen molar-refractivity contribution in [3.8, 4) is 11.5 Å². The molecule has 0 atom stereocenters. The monoisotopic (exact) mass is 230 g/mol. The third-order valence-corrected chi connectivity index (χ3v) is 2.43. The number of Topliss-reactive ketones (excluding diaryl/α,β-unsaturated/α-hetero) is 1. The zero-order chi connectivity index (χ0) is 12.4. The minimum absolute atomic E-state index is 0.0269. The fraction of sp³-hybridized carbons (Fsp3) is 0.0769. The lowest BCUT2D eigenvalue weighted by Crippen LogP contribution is -2.05. The fourth-order valence-electron chi connectivity index (χ4n) is 1.54. The van der Waals surface area contributed by atoms with Gasteiger partial charge in [-0.05, 0) is 35.9 Å². The van der Waals surface area contributed by atoms with Crippen LogP contribution < -0.4 is 4.74 Å². The molecule has 0 aromatic heterocycles. The van der Waals surface area contributed by atoms with Crippen LogP contribution in [-0.2, 0) is 9.59 Å². The topological polar surface area (TPSA) is 63.6 Å². The van der Waals surface area contributed by atoms with Gasteiger partial charge in [0.2, 0.25) is 11.6 Å². The summed E-state index contributed by atoms with van der Waals surface area (Å²) in [5.41, 5.74) is 1.02. The number of allylic oxidation sites excluding steroid dienone is 3. The molecule has 1 aromatic carbocycles. The Morgan fingerprint density at radius 2 is 2.00 bits per heavy atom. The Balaban J connectivity index is 2.37. The Hall–Kier alpha value is -2.36. The van der Waals surface area contributed by atoms with Crippen LogP contribution in [0.25, 0.3) is 6.08 Å². The highest BCUT2D eigenvalue weighted by molar-refractivity contribution is 6.51. The maximum Gasteiger partial charge on any atom is 0.232 e. The average Bonchev–Trinajstić information content (AvgIpc) is 2.63. The van der Waals surface area contributed by atoms with Gasteiger partial charge in [-0.2, -0.15) is 0 Å². The summed E-state index contributed by atoms with van der Waals surface area (Å²) in [4.78, 5) is 22.4. The van der Waals surface area contributed by atoms with E-state index >= 15 is 0 Å². The van der Waals surface area contributed by atoms with Crippen LogP contribution in [-0.4, -0.2) is 23.8 Å². The molecule has 0 saturated heterocycles. The lowest BCUT2D eigenvalue weighted by molar-refractivity contribution is -0.130. The number of phenolic OH excluding ortho intramolecular Hbond substituents is 1. The van der Waals surface area contributed by atoms with Crippen LogP contribution in [0.3, 0.4) is 0 Å². The molecular formula is C13H10O4. The smallest absolute Gasteiger partial charge is 0.232 e. The second-order valence-corrected chi connectivity index (χ2v) is 3.56. The molecule has 0 unspecified atom stereocenters. The third-order valence-electron chi connectivity index (χ3n) is 2.43. The standard InChI is InChI=1S/C13H10O4/c1-17-12-7-8(2-4-10(12)14)6-9-3-5-11(15)13(9)16/h2-7,14H,1H3. The number of ether oxygens (including phenoxy) is 1. The first-order valence-corrected chi connectivity index (χ1v) is 4.97. The molecule has 4 nitrogen and oxygen atoms in total. The molecule has 17 heavy (non-hydrogen) atoms. The maximum absolute atomic E-state index is 11.4. The molecule has 0 radical (unpaired) electrons. The Morgan fingerprint density at radius 3 is 2.59 bits per heavy atom. The minimum atomic E-state index is -0.517. The number of rotatable bonds is 2. The van der Waals surface area contributed by atoms with E-state index in [0.717, 1.165) is 0 Å². The van der Waals surface area contributed by atoms with E-state index in [-0.39, 0.29) is 5.75 Å². The van der Waals surface area contributed by atoms with Crippen molar-refractivity contribution in [2.45, 2.75) is 0 Å². The van der Waals surface area contributed by atoms with Crippen molar-refractivity contribution in [3.63, 3.8) is 0 Å². The second kappa shape index (κ2) is 4.25. The SMILES string of the molecule is COc1cc(C=C2C=CC(=O)C2=O)ccc1O. The highest BCUT2D eigenvalue weighted by Gasteiger charge is 2.20. The molecule has 0 fully saturated rings. The van der Waals surface area contributed by atoms with E-state index in [1.807, 2.05) is 0 Å². The Labute approximate surface area is 97.8 Å². The van der Waals surface area contributed by atoms with Gasteiger partial charge >= 0.3 is 0 Å². The van der Waals surface area contributed by atoms with E-state index in [0.29, 0.717) is 16.9 Å². The zero-order valence-electron chi connectivity index (χ0n) is 9.14. The Kier molecular flexibility index (Phi) is 2.78. The van der Waals surface area contributed by atoms with E-state index in [1.165, 1.54) is 25.3 Å². The molecule has 1 aliphatic carbocycles. The number of carbonyl (C=O) groups is 2. The van der Waals surface area contributed by atoms with Crippen molar-refractivity contribution in [1.29, 1.82) is 0 Å². The average molecular weight is 230 g/mol. The number of aromatic hydroxyl groups is 1. The number of hydrogen-bond donors (Lipinski definition) is 1. The van der Waals surface area contributed by atoms with Gasteiger partial charge in [0, 0.05) is 5.57 Å². The number of carbonyl (C=O) groups excluding carboxylic acids is 2. The van der Waals surface area contributed by atoms with Crippen molar-refractivity contribution in [3.05, 3.63) is 41.5 Å². The Bertz CT molecular complexity index is 553. The van der Waals surface area contributed by atoms with Gasteiger partial charge in [-0.3, -0.25) is 9.59 Å². The molecule has 0 spiro atoms. The molecule has 1 N–H and O–H groups in total. The van der Waals surface area contributed by atoms with E-state index in [1.54, 1.807) is 18.2 Å². The minimum Gasteiger partial charge on any atom is -0.504 e. The summed E-state index contributed by atoms with van der Waals surface area (Å²) >= 11 is 0. The van der Waals surface area contributed by atoms with Crippen LogP contribution in [0.15, 0.2) is 35.9 Å². The largest absolute Gasteiger partial charge is 0.504 e. The lowest BCUT2D eigenvalue weighted by Gasteiger charge is -2.04. The summed E-state index contributed by atoms with van der Waals surface area (Å²) in [7, 11) is 1.44. The maximum atomic E-state index is 11.4. The van der Waals surface area contributed by atoms with Crippen LogP contribution in [0.5, 0.6) is 11.5 Å². The molecule has 0 amide bonds. The van der Waals surface area contributed by atoms with Crippen molar-refractivity contribution in [2.24, 2.45) is 0 Å². The molecule has 0 heterocycles. The van der Waals surface area contributed by atoms with Gasteiger partial charge in [-0.1, -0.05) is 6.07 Å². The molecule has 86 valence electrons. The number of phenols is 1. The molecule has 0 saturated carbocycles. The van der Waals surface area contributed by atoms with Gasteiger partial charge in [-0.15, -0.1) is 0 Å². The number of ketones is 2. The van der Waals surface area contributed by atoms with Gasteiger partial charge in [0.1, 0.15) is 0 Å². The summed E-state index contributed by atoms with van der Waals surface area (Å²) in [6, 6.07) is 4.69. The van der Waals surface area contributed by atoms with E-state index in [9.17, 15) is 14.7 Å². The molecule has 1 aliphatic rings. The van der Waals surface area contributed by atoms with Crippen molar-refractivity contribution in [1.82, 2.24) is 0 Å². The normalized spacial score (nSPS) is 16.9. The van der Waals surface area contributed by atoms with Crippen LogP contribution in [0.1, 0.15) is 5.56 Å². The molecule has 1 aromatic rings. The number of methoxy groups -OCH3 is 1. The fourth-order valence-corrected chi connectivity index (χ4v) is 1.54. The summed E-state index contributed by atoms with van der Waals surface area (Å²) in [6.07, 6.45) is 4.29. The first kappa shape index (κ1) is 11.1. The molecular weight excluding hydrogens is 220 g/mol. The van der Waals surface area contributed by atoms with Crippen molar-refractivity contribution >= 4 is 17.6 Å². The first-order chi connectivity index (χ1) is 8.11. The number of benzene rings is 1. The summed E-state index contributed by atoms with van der Waals surface area (Å²) in [5, 5.41) is 9.41. The van der Waals surface area contributed by atoms with Crippen LogP contribution in [0.4, 0.5) is 0 Å². The predicted molar refractivity (Wildman–Crippen MR) is 61.8 cm³/mol. The van der Waals surface area contributed by atoms with Crippen LogP contribution in [0, 0.1) is 0 Å². The summed E-state index contributed by atoms with van der Waals surface area (Å²) in [6.45, 7) is 0.